The molecule has 116 valence electrons. The summed E-state index contributed by atoms with van der Waals surface area (Å²) in [6.45, 7) is 2.20. The number of hydrogen-bond donors (Lipinski definition) is 2. The molecule has 0 fully saturated rings. The van der Waals surface area contributed by atoms with E-state index in [9.17, 15) is 14.3 Å². The molecule has 0 amide bonds. The van der Waals surface area contributed by atoms with Crippen LogP contribution in [0.4, 0.5) is 4.39 Å². The number of halogens is 1. The van der Waals surface area contributed by atoms with E-state index in [1.165, 1.54) is 18.2 Å². The van der Waals surface area contributed by atoms with Crippen molar-refractivity contribution >= 4 is 5.97 Å². The van der Waals surface area contributed by atoms with Crippen molar-refractivity contribution in [3.63, 3.8) is 0 Å². The van der Waals surface area contributed by atoms with Gasteiger partial charge in [-0.3, -0.25) is 4.79 Å². The Balaban J connectivity index is 2.13. The van der Waals surface area contributed by atoms with E-state index in [1.807, 2.05) is 0 Å². The number of hydrogen-bond acceptors (Lipinski definition) is 3. The van der Waals surface area contributed by atoms with E-state index in [1.54, 1.807) is 29.8 Å². The summed E-state index contributed by atoms with van der Waals surface area (Å²) in [6.07, 6.45) is 1.59. The molecule has 2 aromatic rings. The number of aliphatic carboxylic acids is 1. The number of aryl methyl sites for hydroxylation is 1. The second-order valence-corrected chi connectivity index (χ2v) is 4.87. The zero-order valence-electron chi connectivity index (χ0n) is 12.1. The van der Waals surface area contributed by atoms with Crippen molar-refractivity contribution in [3.05, 3.63) is 53.6 Å². The molecule has 0 radical (unpaired) electrons. The molecule has 0 aliphatic rings. The Morgan fingerprint density at radius 3 is 2.59 bits per heavy atom. The molecule has 2 N–H and O–H groups in total. The summed E-state index contributed by atoms with van der Waals surface area (Å²) in [6, 6.07) is 7.33. The maximum Gasteiger partial charge on any atom is 0.309 e. The van der Waals surface area contributed by atoms with Crippen LogP contribution in [0.2, 0.25) is 0 Å². The van der Waals surface area contributed by atoms with Crippen LogP contribution in [0, 0.1) is 12.7 Å². The first-order valence-electron chi connectivity index (χ1n) is 6.78. The molecule has 0 unspecified atom stereocenters. The Labute approximate surface area is 127 Å². The van der Waals surface area contributed by atoms with E-state index in [2.05, 4.69) is 0 Å². The maximum absolute atomic E-state index is 12.8. The van der Waals surface area contributed by atoms with E-state index >= 15 is 0 Å². The average molecular weight is 306 g/mol. The Kier molecular flexibility index (Phi) is 4.93. The van der Waals surface area contributed by atoms with Gasteiger partial charge in [0.15, 0.2) is 18.5 Å². The van der Waals surface area contributed by atoms with Gasteiger partial charge in [0.1, 0.15) is 18.8 Å². The first kappa shape index (κ1) is 15.8. The van der Waals surface area contributed by atoms with E-state index < -0.39 is 5.97 Å². The lowest BCUT2D eigenvalue weighted by atomic mass is 10.2. The van der Waals surface area contributed by atoms with Crippen molar-refractivity contribution in [1.29, 1.82) is 0 Å². The van der Waals surface area contributed by atoms with E-state index in [4.69, 9.17) is 9.84 Å². The molecule has 22 heavy (non-hydrogen) atoms. The van der Waals surface area contributed by atoms with Crippen LogP contribution in [0.3, 0.4) is 0 Å². The van der Waals surface area contributed by atoms with Gasteiger partial charge in [0.2, 0.25) is 11.4 Å². The molecule has 0 spiro atoms. The minimum absolute atomic E-state index is 0.0202. The fraction of sp³-hybridized carbons (Fsp3) is 0.250. The molecule has 1 aromatic heterocycles. The normalized spacial score (nSPS) is 10.5. The van der Waals surface area contributed by atoms with Gasteiger partial charge >= 0.3 is 5.97 Å². The van der Waals surface area contributed by atoms with Crippen molar-refractivity contribution in [1.82, 2.24) is 0 Å². The number of nitrogens with zero attached hydrogens (tertiary/aromatic N) is 1. The highest BCUT2D eigenvalue weighted by atomic mass is 19.1. The SMILES string of the molecule is Cc1c(OCc2ccc(F)cc2)c(O)cc[n+]1CCC(=O)O. The number of rotatable bonds is 6. The van der Waals surface area contributed by atoms with Gasteiger partial charge in [-0.15, -0.1) is 0 Å². The van der Waals surface area contributed by atoms with Crippen molar-refractivity contribution in [2.24, 2.45) is 0 Å². The Bertz CT molecular complexity index is 671. The largest absolute Gasteiger partial charge is 0.504 e. The van der Waals surface area contributed by atoms with E-state index in [0.717, 1.165) is 5.56 Å². The summed E-state index contributed by atoms with van der Waals surface area (Å²) in [5, 5.41) is 18.6. The summed E-state index contributed by atoms with van der Waals surface area (Å²) < 4.78 is 20.2. The monoisotopic (exact) mass is 306 g/mol. The third-order valence-electron chi connectivity index (χ3n) is 3.27. The lowest BCUT2D eigenvalue weighted by Gasteiger charge is -2.10. The lowest BCUT2D eigenvalue weighted by Crippen LogP contribution is -2.38. The average Bonchev–Trinajstić information content (AvgIpc) is 2.48. The van der Waals surface area contributed by atoms with Crippen molar-refractivity contribution in [3.8, 4) is 11.5 Å². The first-order valence-corrected chi connectivity index (χ1v) is 6.78. The number of benzene rings is 1. The smallest absolute Gasteiger partial charge is 0.309 e. The fourth-order valence-corrected chi connectivity index (χ4v) is 2.04. The molecule has 0 bridgehead atoms. The van der Waals surface area contributed by atoms with Crippen molar-refractivity contribution in [2.75, 3.05) is 0 Å². The second kappa shape index (κ2) is 6.89. The quantitative estimate of drug-likeness (QED) is 0.803. The van der Waals surface area contributed by atoms with Crippen LogP contribution in [0.5, 0.6) is 11.5 Å². The molecule has 1 heterocycles. The van der Waals surface area contributed by atoms with Gasteiger partial charge in [-0.1, -0.05) is 12.1 Å². The van der Waals surface area contributed by atoms with Crippen molar-refractivity contribution in [2.45, 2.75) is 26.5 Å². The number of carboxylic acid groups (broad SMARTS) is 1. The minimum atomic E-state index is -0.895. The van der Waals surface area contributed by atoms with Gasteiger partial charge in [0.25, 0.3) is 0 Å². The van der Waals surface area contributed by atoms with Crippen LogP contribution < -0.4 is 9.30 Å². The maximum atomic E-state index is 12.8. The Hall–Kier alpha value is -2.63. The zero-order chi connectivity index (χ0) is 16.1. The highest BCUT2D eigenvalue weighted by Crippen LogP contribution is 2.27. The van der Waals surface area contributed by atoms with Crippen LogP contribution in [0.25, 0.3) is 0 Å². The second-order valence-electron chi connectivity index (χ2n) is 4.87. The zero-order valence-corrected chi connectivity index (χ0v) is 12.1. The molecule has 5 nitrogen and oxygen atoms in total. The fourth-order valence-electron chi connectivity index (χ4n) is 2.04. The first-order chi connectivity index (χ1) is 10.5. The van der Waals surface area contributed by atoms with Gasteiger partial charge < -0.3 is 14.9 Å². The number of aromatic hydroxyl groups is 1. The molecule has 0 aliphatic heterocycles. The van der Waals surface area contributed by atoms with Crippen LogP contribution in [0.15, 0.2) is 36.5 Å². The predicted octanol–water partition coefficient (Wildman–Crippen LogP) is 2.18. The minimum Gasteiger partial charge on any atom is -0.504 e. The predicted molar refractivity (Wildman–Crippen MR) is 76.0 cm³/mol. The summed E-state index contributed by atoms with van der Waals surface area (Å²) in [4.78, 5) is 10.6. The Morgan fingerprint density at radius 1 is 1.27 bits per heavy atom. The lowest BCUT2D eigenvalue weighted by molar-refractivity contribution is -0.702. The van der Waals surface area contributed by atoms with Gasteiger partial charge in [-0.25, -0.2) is 4.39 Å². The summed E-state index contributed by atoms with van der Waals surface area (Å²) >= 11 is 0. The summed E-state index contributed by atoms with van der Waals surface area (Å²) in [7, 11) is 0. The molecule has 0 saturated carbocycles. The van der Waals surface area contributed by atoms with Crippen LogP contribution in [-0.2, 0) is 17.9 Å². The molecule has 6 heteroatoms. The van der Waals surface area contributed by atoms with Gasteiger partial charge in [0, 0.05) is 13.0 Å². The third kappa shape index (κ3) is 3.94. The highest BCUT2D eigenvalue weighted by Gasteiger charge is 2.18. The number of pyridine rings is 1. The number of carbonyl (C=O) groups is 1. The molecule has 0 aliphatic carbocycles. The molecular formula is C16H17FNO4+. The van der Waals surface area contributed by atoms with Crippen LogP contribution in [-0.4, -0.2) is 16.2 Å². The van der Waals surface area contributed by atoms with Gasteiger partial charge in [-0.05, 0) is 17.7 Å². The summed E-state index contributed by atoms with van der Waals surface area (Å²) in [5.74, 6) is -0.953. The van der Waals surface area contributed by atoms with E-state index in [-0.39, 0.29) is 36.9 Å². The van der Waals surface area contributed by atoms with Crippen LogP contribution in [0.1, 0.15) is 17.7 Å². The molecular weight excluding hydrogens is 289 g/mol. The molecule has 1 aromatic carbocycles. The summed E-state index contributed by atoms with van der Waals surface area (Å²) in [5.41, 5.74) is 1.39. The third-order valence-corrected chi connectivity index (χ3v) is 3.27. The number of ether oxygens (including phenoxy) is 1. The van der Waals surface area contributed by atoms with Crippen LogP contribution >= 0.6 is 0 Å². The standard InChI is InChI=1S/C16H16FNO4/c1-11-16(22-10-12-2-4-13(17)5-3-12)14(19)6-8-18(11)9-7-15(20)21/h2-6,8H,7,9-10H2,1H3,(H,20,21)/p+1. The number of carboxylic acids is 1. The van der Waals surface area contributed by atoms with Crippen molar-refractivity contribution < 1.29 is 28.7 Å². The Morgan fingerprint density at radius 2 is 1.95 bits per heavy atom. The molecule has 2 rings (SSSR count). The molecule has 0 saturated heterocycles. The molecule has 0 atom stereocenters. The van der Waals surface area contributed by atoms with E-state index in [0.29, 0.717) is 5.69 Å². The topological polar surface area (TPSA) is 70.6 Å². The van der Waals surface area contributed by atoms with Gasteiger partial charge in [0.05, 0.1) is 0 Å². The highest BCUT2D eigenvalue weighted by molar-refractivity contribution is 5.66. The number of aromatic nitrogens is 1. The van der Waals surface area contributed by atoms with Gasteiger partial charge in [-0.2, -0.15) is 4.57 Å².